The van der Waals surface area contributed by atoms with Crippen LogP contribution < -0.4 is 5.32 Å². The lowest BCUT2D eigenvalue weighted by molar-refractivity contribution is 0.104. The van der Waals surface area contributed by atoms with Gasteiger partial charge in [-0.2, -0.15) is 0 Å². The van der Waals surface area contributed by atoms with Gasteiger partial charge < -0.3 is 10.5 Å². The molecule has 2 aromatic heterocycles. The number of pyridine rings is 1. The highest BCUT2D eigenvalue weighted by Crippen LogP contribution is 2.37. The van der Waals surface area contributed by atoms with Crippen molar-refractivity contribution in [3.8, 4) is 0 Å². The number of thiophene rings is 1. The van der Waals surface area contributed by atoms with E-state index in [1.807, 2.05) is 31.2 Å². The van der Waals surface area contributed by atoms with Gasteiger partial charge in [0.15, 0.2) is 5.78 Å². The number of nitrogens with zero attached hydrogens (tertiary/aromatic N) is 2. The number of aryl methyl sites for hydroxylation is 1. The van der Waals surface area contributed by atoms with Crippen molar-refractivity contribution >= 4 is 37.9 Å². The average Bonchev–Trinajstić information content (AvgIpc) is 3.21. The topological polar surface area (TPSA) is 74.6 Å². The van der Waals surface area contributed by atoms with Crippen molar-refractivity contribution in [1.29, 1.82) is 0 Å². The Hall–Kier alpha value is -2.73. The van der Waals surface area contributed by atoms with Gasteiger partial charge in [0, 0.05) is 35.5 Å². The predicted molar refractivity (Wildman–Crippen MR) is 100 cm³/mol. The number of carbonyl (C=O) groups is 1. The van der Waals surface area contributed by atoms with Crippen LogP contribution in [0.25, 0.3) is 10.1 Å². The molecular weight excluding hydrogens is 334 g/mol. The fraction of sp³-hybridized carbons (Fsp3) is 0.211. The quantitative estimate of drug-likeness (QED) is 0.422. The lowest BCUT2D eigenvalue weighted by Gasteiger charge is -2.07. The number of aromatic nitrogens is 1. The number of anilines is 1. The van der Waals surface area contributed by atoms with Gasteiger partial charge in [0.1, 0.15) is 5.00 Å². The second-order valence-electron chi connectivity index (χ2n) is 5.96. The van der Waals surface area contributed by atoms with Crippen LogP contribution in [0.2, 0.25) is 0 Å². The summed E-state index contributed by atoms with van der Waals surface area (Å²) in [5.41, 5.74) is 4.05. The Morgan fingerprint density at radius 3 is 3.04 bits per heavy atom. The van der Waals surface area contributed by atoms with E-state index in [0.717, 1.165) is 39.2 Å². The summed E-state index contributed by atoms with van der Waals surface area (Å²) in [4.78, 5) is 17.4. The third kappa shape index (κ3) is 2.59. The largest absolute Gasteiger partial charge is 0.411 e. The molecule has 0 fully saturated rings. The third-order valence-corrected chi connectivity index (χ3v) is 5.59. The summed E-state index contributed by atoms with van der Waals surface area (Å²) in [5, 5.41) is 17.5. The fourth-order valence-corrected chi connectivity index (χ4v) is 4.46. The fourth-order valence-electron chi connectivity index (χ4n) is 3.32. The minimum absolute atomic E-state index is 0.00517. The van der Waals surface area contributed by atoms with E-state index in [9.17, 15) is 4.79 Å². The smallest absolute Gasteiger partial charge is 0.196 e. The van der Waals surface area contributed by atoms with E-state index in [4.69, 9.17) is 5.21 Å². The Morgan fingerprint density at radius 2 is 2.24 bits per heavy atom. The zero-order valence-corrected chi connectivity index (χ0v) is 14.6. The summed E-state index contributed by atoms with van der Waals surface area (Å²) in [6.07, 6.45) is 5.02. The summed E-state index contributed by atoms with van der Waals surface area (Å²) in [6, 6.07) is 7.52. The van der Waals surface area contributed by atoms with Crippen molar-refractivity contribution in [3.05, 3.63) is 58.9 Å². The van der Waals surface area contributed by atoms with Gasteiger partial charge in [-0.25, -0.2) is 0 Å². The van der Waals surface area contributed by atoms with Gasteiger partial charge >= 0.3 is 0 Å². The zero-order chi connectivity index (χ0) is 17.4. The molecule has 126 valence electrons. The monoisotopic (exact) mass is 351 g/mol. The normalized spacial score (nSPS) is 14.8. The van der Waals surface area contributed by atoms with Crippen LogP contribution >= 0.6 is 11.3 Å². The molecule has 0 aliphatic heterocycles. The molecule has 6 heteroatoms. The Labute approximate surface area is 149 Å². The van der Waals surface area contributed by atoms with Gasteiger partial charge in [-0.1, -0.05) is 17.3 Å². The van der Waals surface area contributed by atoms with Gasteiger partial charge in [-0.3, -0.25) is 9.78 Å². The molecule has 1 aliphatic rings. The maximum atomic E-state index is 13.2. The minimum Gasteiger partial charge on any atom is -0.411 e. The first-order chi connectivity index (χ1) is 12.2. The maximum Gasteiger partial charge on any atom is 0.196 e. The van der Waals surface area contributed by atoms with Crippen LogP contribution in [0.15, 0.2) is 41.8 Å². The molecule has 1 aliphatic carbocycles. The molecule has 0 saturated carbocycles. The molecule has 5 nitrogen and oxygen atoms in total. The molecule has 25 heavy (non-hydrogen) atoms. The Kier molecular flexibility index (Phi) is 3.97. The average molecular weight is 351 g/mol. The Morgan fingerprint density at radius 1 is 1.36 bits per heavy atom. The van der Waals surface area contributed by atoms with Crippen LogP contribution in [0, 0.1) is 0 Å². The molecule has 1 aromatic carbocycles. The van der Waals surface area contributed by atoms with Crippen molar-refractivity contribution < 1.29 is 10.0 Å². The van der Waals surface area contributed by atoms with Crippen LogP contribution in [-0.2, 0) is 6.42 Å². The summed E-state index contributed by atoms with van der Waals surface area (Å²) < 4.78 is 0.998. The highest BCUT2D eigenvalue weighted by Gasteiger charge is 2.23. The standard InChI is InChI=1S/C19H17N3O2S/c1-2-21-19-17(14-7-8-20-10-16(14)25-19)18(23)12-3-5-13-11(9-12)4-6-15(13)22-24/h3,5,7-10,21,24H,2,4,6H2,1H3. The summed E-state index contributed by atoms with van der Waals surface area (Å²) in [5.74, 6) is 0.00517. The number of carbonyl (C=O) groups excluding carboxylic acids is 1. The first-order valence-corrected chi connectivity index (χ1v) is 9.04. The Balaban J connectivity index is 1.82. The SMILES string of the molecule is CCNc1sc2cnccc2c1C(=O)c1ccc2c(c1)CCC2=NO. The van der Waals surface area contributed by atoms with E-state index < -0.39 is 0 Å². The number of oxime groups is 1. The van der Waals surface area contributed by atoms with E-state index in [0.29, 0.717) is 23.3 Å². The number of nitrogens with one attached hydrogen (secondary N) is 1. The summed E-state index contributed by atoms with van der Waals surface area (Å²) in [6.45, 7) is 2.77. The van der Waals surface area contributed by atoms with E-state index in [1.165, 1.54) is 0 Å². The van der Waals surface area contributed by atoms with Crippen molar-refractivity contribution in [2.24, 2.45) is 5.16 Å². The van der Waals surface area contributed by atoms with Gasteiger partial charge in [0.25, 0.3) is 0 Å². The van der Waals surface area contributed by atoms with Crippen molar-refractivity contribution in [3.63, 3.8) is 0 Å². The number of hydrogen-bond acceptors (Lipinski definition) is 6. The highest BCUT2D eigenvalue weighted by molar-refractivity contribution is 7.23. The van der Waals surface area contributed by atoms with Gasteiger partial charge in [-0.05, 0) is 37.5 Å². The highest BCUT2D eigenvalue weighted by atomic mass is 32.1. The van der Waals surface area contributed by atoms with Crippen LogP contribution in [-0.4, -0.2) is 28.2 Å². The molecule has 4 rings (SSSR count). The second-order valence-corrected chi connectivity index (χ2v) is 7.01. The molecule has 3 aromatic rings. The summed E-state index contributed by atoms with van der Waals surface area (Å²) in [7, 11) is 0. The number of ketones is 1. The minimum atomic E-state index is 0.00517. The van der Waals surface area contributed by atoms with Crippen molar-refractivity contribution in [2.45, 2.75) is 19.8 Å². The van der Waals surface area contributed by atoms with Crippen LogP contribution in [0.5, 0.6) is 0 Å². The van der Waals surface area contributed by atoms with Gasteiger partial charge in [0.2, 0.25) is 0 Å². The lowest BCUT2D eigenvalue weighted by atomic mass is 9.98. The van der Waals surface area contributed by atoms with E-state index in [-0.39, 0.29) is 5.78 Å². The van der Waals surface area contributed by atoms with E-state index in [2.05, 4.69) is 15.5 Å². The van der Waals surface area contributed by atoms with Crippen LogP contribution in [0.4, 0.5) is 5.00 Å². The molecule has 0 saturated heterocycles. The van der Waals surface area contributed by atoms with Gasteiger partial charge in [0.05, 0.1) is 16.0 Å². The lowest BCUT2D eigenvalue weighted by Crippen LogP contribution is -2.06. The predicted octanol–water partition coefficient (Wildman–Crippen LogP) is 4.08. The van der Waals surface area contributed by atoms with Crippen molar-refractivity contribution in [1.82, 2.24) is 4.98 Å². The number of fused-ring (bicyclic) bond motifs is 2. The van der Waals surface area contributed by atoms with E-state index >= 15 is 0 Å². The third-order valence-electron chi connectivity index (χ3n) is 4.49. The molecule has 2 heterocycles. The molecule has 2 N–H and O–H groups in total. The zero-order valence-electron chi connectivity index (χ0n) is 13.7. The summed E-state index contributed by atoms with van der Waals surface area (Å²) >= 11 is 1.55. The second kappa shape index (κ2) is 6.29. The van der Waals surface area contributed by atoms with Crippen LogP contribution in [0.3, 0.4) is 0 Å². The molecule has 0 radical (unpaired) electrons. The number of benzene rings is 1. The maximum absolute atomic E-state index is 13.2. The molecule has 0 amide bonds. The molecular formula is C19H17N3O2S. The molecule has 0 atom stereocenters. The molecule has 0 bridgehead atoms. The van der Waals surface area contributed by atoms with Crippen molar-refractivity contribution in [2.75, 3.05) is 11.9 Å². The first-order valence-electron chi connectivity index (χ1n) is 8.22. The van der Waals surface area contributed by atoms with Crippen LogP contribution in [0.1, 0.15) is 40.4 Å². The number of rotatable bonds is 4. The first kappa shape index (κ1) is 15.8. The molecule has 0 spiro atoms. The van der Waals surface area contributed by atoms with E-state index in [1.54, 1.807) is 23.7 Å². The van der Waals surface area contributed by atoms with Gasteiger partial charge in [-0.15, -0.1) is 11.3 Å². The number of hydrogen-bond donors (Lipinski definition) is 2. The molecule has 0 unspecified atom stereocenters. The Bertz CT molecular complexity index is 1010.